The molecule has 0 atom stereocenters. The number of hydrogen-bond acceptors (Lipinski definition) is 7. The van der Waals surface area contributed by atoms with Crippen LogP contribution < -0.4 is 20.5 Å². The van der Waals surface area contributed by atoms with Crippen molar-refractivity contribution in [2.75, 3.05) is 25.3 Å². The van der Waals surface area contributed by atoms with Crippen LogP contribution in [0.4, 0.5) is 5.13 Å². The van der Waals surface area contributed by atoms with Crippen molar-refractivity contribution in [3.8, 4) is 11.5 Å². The summed E-state index contributed by atoms with van der Waals surface area (Å²) in [7, 11) is 3.11. The summed E-state index contributed by atoms with van der Waals surface area (Å²) in [6.07, 6.45) is 0.148. The summed E-state index contributed by atoms with van der Waals surface area (Å²) in [6.45, 7) is 1.82. The minimum Gasteiger partial charge on any atom is -0.497 e. The molecule has 0 radical (unpaired) electrons. The van der Waals surface area contributed by atoms with Gasteiger partial charge in [-0.3, -0.25) is 9.59 Å². The van der Waals surface area contributed by atoms with Crippen molar-refractivity contribution in [3.63, 3.8) is 0 Å². The van der Waals surface area contributed by atoms with Crippen molar-refractivity contribution in [1.82, 2.24) is 4.98 Å². The van der Waals surface area contributed by atoms with E-state index >= 15 is 0 Å². The molecule has 2 amide bonds. The molecule has 0 spiro atoms. The Kier molecular flexibility index (Phi) is 6.65. The van der Waals surface area contributed by atoms with Crippen molar-refractivity contribution in [3.05, 3.63) is 29.5 Å². The molecular formula is C16H19N3O4S2. The van der Waals surface area contributed by atoms with Crippen molar-refractivity contribution < 1.29 is 19.1 Å². The first-order valence-corrected chi connectivity index (χ1v) is 9.12. The van der Waals surface area contributed by atoms with Crippen LogP contribution in [0.1, 0.15) is 11.3 Å². The molecule has 0 aliphatic rings. The molecule has 134 valence electrons. The minimum absolute atomic E-state index is 0.148. The number of aromatic nitrogens is 1. The highest BCUT2D eigenvalue weighted by Gasteiger charge is 2.14. The molecule has 0 saturated carbocycles. The summed E-state index contributed by atoms with van der Waals surface area (Å²) in [5.74, 6) is 0.827. The SMILES string of the molecule is COc1ccc(CC(=O)Nc2nc(C)c(SCC(N)=O)s2)c(OC)c1. The number of thioether (sulfide) groups is 1. The summed E-state index contributed by atoms with van der Waals surface area (Å²) in [5, 5.41) is 3.26. The fourth-order valence-electron chi connectivity index (χ4n) is 2.04. The van der Waals surface area contributed by atoms with Gasteiger partial charge in [-0.1, -0.05) is 17.4 Å². The quantitative estimate of drug-likeness (QED) is 0.680. The standard InChI is InChI=1S/C16H19N3O4S2/c1-9-15(24-8-13(17)20)25-16(18-9)19-14(21)6-10-4-5-11(22-2)7-12(10)23-3/h4-5,7H,6,8H2,1-3H3,(H2,17,20)(H,18,19,21). The van der Waals surface area contributed by atoms with E-state index in [1.807, 2.05) is 6.92 Å². The third-order valence-corrected chi connectivity index (χ3v) is 5.65. The van der Waals surface area contributed by atoms with Crippen LogP contribution >= 0.6 is 23.1 Å². The average Bonchev–Trinajstić information content (AvgIpc) is 2.92. The molecule has 0 fully saturated rings. The molecule has 0 unspecified atom stereocenters. The first-order valence-electron chi connectivity index (χ1n) is 7.32. The van der Waals surface area contributed by atoms with Gasteiger partial charge in [-0.05, 0) is 13.0 Å². The third-order valence-electron chi connectivity index (χ3n) is 3.19. The second kappa shape index (κ2) is 8.72. The molecule has 2 aromatic rings. The molecule has 1 aromatic heterocycles. The van der Waals surface area contributed by atoms with Crippen molar-refractivity contribution in [2.24, 2.45) is 5.73 Å². The number of nitrogens with one attached hydrogen (secondary N) is 1. The highest BCUT2D eigenvalue weighted by molar-refractivity contribution is 8.01. The number of benzene rings is 1. The summed E-state index contributed by atoms with van der Waals surface area (Å²) < 4.78 is 11.3. The first kappa shape index (κ1) is 19.1. The number of amides is 2. The van der Waals surface area contributed by atoms with E-state index in [0.29, 0.717) is 16.6 Å². The van der Waals surface area contributed by atoms with Crippen LogP contribution in [-0.2, 0) is 16.0 Å². The van der Waals surface area contributed by atoms with Gasteiger partial charge in [-0.25, -0.2) is 4.98 Å². The number of nitrogens with two attached hydrogens (primary N) is 1. The predicted octanol–water partition coefficient (Wildman–Crippen LogP) is 2.23. The number of rotatable bonds is 8. The molecule has 0 saturated heterocycles. The number of anilines is 1. The van der Waals surface area contributed by atoms with E-state index < -0.39 is 5.91 Å². The van der Waals surface area contributed by atoms with Crippen molar-refractivity contribution >= 4 is 40.0 Å². The van der Waals surface area contributed by atoms with Crippen LogP contribution in [0.3, 0.4) is 0 Å². The second-order valence-corrected chi connectivity index (χ2v) is 7.29. The molecule has 2 rings (SSSR count). The fraction of sp³-hybridized carbons (Fsp3) is 0.312. The van der Waals surface area contributed by atoms with Crippen LogP contribution in [0, 0.1) is 6.92 Å². The Morgan fingerprint density at radius 3 is 2.72 bits per heavy atom. The molecule has 9 heteroatoms. The summed E-state index contributed by atoms with van der Waals surface area (Å²) in [6, 6.07) is 5.30. The lowest BCUT2D eigenvalue weighted by molar-refractivity contribution is -0.116. The Labute approximate surface area is 153 Å². The smallest absolute Gasteiger partial charge is 0.230 e. The average molecular weight is 381 g/mol. The Hall–Kier alpha value is -2.26. The van der Waals surface area contributed by atoms with E-state index in [4.69, 9.17) is 15.2 Å². The summed E-state index contributed by atoms with van der Waals surface area (Å²) in [5.41, 5.74) is 6.65. The number of methoxy groups -OCH3 is 2. The Balaban J connectivity index is 2.03. The number of aryl methyl sites for hydroxylation is 1. The summed E-state index contributed by atoms with van der Waals surface area (Å²) >= 11 is 2.63. The van der Waals surface area contributed by atoms with Gasteiger partial charge in [0.05, 0.1) is 36.3 Å². The van der Waals surface area contributed by atoms with E-state index in [9.17, 15) is 9.59 Å². The molecule has 1 heterocycles. The van der Waals surface area contributed by atoms with Crippen LogP contribution in [-0.4, -0.2) is 36.8 Å². The Morgan fingerprint density at radius 1 is 1.32 bits per heavy atom. The molecule has 0 aliphatic carbocycles. The maximum Gasteiger partial charge on any atom is 0.230 e. The molecule has 0 aliphatic heterocycles. The zero-order valence-corrected chi connectivity index (χ0v) is 15.8. The molecule has 0 bridgehead atoms. The lowest BCUT2D eigenvalue weighted by atomic mass is 10.1. The van der Waals surface area contributed by atoms with Crippen LogP contribution in [0.25, 0.3) is 0 Å². The van der Waals surface area contributed by atoms with E-state index in [-0.39, 0.29) is 18.1 Å². The maximum atomic E-state index is 12.3. The van der Waals surface area contributed by atoms with Crippen LogP contribution in [0.15, 0.2) is 22.4 Å². The minimum atomic E-state index is -0.394. The number of ether oxygens (including phenoxy) is 2. The van der Waals surface area contributed by atoms with Gasteiger partial charge in [0.1, 0.15) is 11.5 Å². The lowest BCUT2D eigenvalue weighted by Crippen LogP contribution is -2.14. The molecule has 7 nitrogen and oxygen atoms in total. The number of nitrogens with zero attached hydrogens (tertiary/aromatic N) is 1. The van der Waals surface area contributed by atoms with E-state index in [1.54, 1.807) is 32.4 Å². The molecule has 1 aromatic carbocycles. The van der Waals surface area contributed by atoms with Gasteiger partial charge in [0, 0.05) is 11.6 Å². The number of thiazole rings is 1. The largest absolute Gasteiger partial charge is 0.497 e. The molecule has 25 heavy (non-hydrogen) atoms. The second-order valence-electron chi connectivity index (χ2n) is 5.05. The normalized spacial score (nSPS) is 10.4. The lowest BCUT2D eigenvalue weighted by Gasteiger charge is -2.10. The van der Waals surface area contributed by atoms with Gasteiger partial charge in [-0.2, -0.15) is 0 Å². The third kappa shape index (κ3) is 5.36. The van der Waals surface area contributed by atoms with Gasteiger partial charge >= 0.3 is 0 Å². The van der Waals surface area contributed by atoms with Crippen LogP contribution in [0.2, 0.25) is 0 Å². The highest BCUT2D eigenvalue weighted by Crippen LogP contribution is 2.32. The van der Waals surface area contributed by atoms with E-state index in [1.165, 1.54) is 23.1 Å². The van der Waals surface area contributed by atoms with Crippen molar-refractivity contribution in [1.29, 1.82) is 0 Å². The van der Waals surface area contributed by atoms with Crippen LogP contribution in [0.5, 0.6) is 11.5 Å². The zero-order chi connectivity index (χ0) is 18.4. The van der Waals surface area contributed by atoms with E-state index in [2.05, 4.69) is 10.3 Å². The number of carbonyl (C=O) groups is 2. The highest BCUT2D eigenvalue weighted by atomic mass is 32.2. The van der Waals surface area contributed by atoms with Crippen molar-refractivity contribution in [2.45, 2.75) is 17.6 Å². The fourth-order valence-corrected chi connectivity index (χ4v) is 3.93. The topological polar surface area (TPSA) is 104 Å². The maximum absolute atomic E-state index is 12.3. The van der Waals surface area contributed by atoms with E-state index in [0.717, 1.165) is 15.5 Å². The van der Waals surface area contributed by atoms with Gasteiger partial charge in [0.25, 0.3) is 0 Å². The molecule has 3 N–H and O–H groups in total. The Morgan fingerprint density at radius 2 is 2.08 bits per heavy atom. The first-order chi connectivity index (χ1) is 11.9. The number of hydrogen-bond donors (Lipinski definition) is 2. The van der Waals surface area contributed by atoms with Gasteiger partial charge in [0.15, 0.2) is 5.13 Å². The zero-order valence-electron chi connectivity index (χ0n) is 14.1. The van der Waals surface area contributed by atoms with Gasteiger partial charge in [0.2, 0.25) is 11.8 Å². The number of carbonyl (C=O) groups excluding carboxylic acids is 2. The van der Waals surface area contributed by atoms with Gasteiger partial charge in [-0.15, -0.1) is 11.8 Å². The predicted molar refractivity (Wildman–Crippen MR) is 98.6 cm³/mol. The Bertz CT molecular complexity index is 777. The monoisotopic (exact) mass is 381 g/mol. The van der Waals surface area contributed by atoms with Gasteiger partial charge < -0.3 is 20.5 Å². The number of primary amides is 1. The molecular weight excluding hydrogens is 362 g/mol. The summed E-state index contributed by atoms with van der Waals surface area (Å²) in [4.78, 5) is 27.5.